The van der Waals surface area contributed by atoms with Crippen molar-refractivity contribution in [1.29, 1.82) is 0 Å². The second kappa shape index (κ2) is 9.75. The van der Waals surface area contributed by atoms with E-state index in [0.717, 1.165) is 16.9 Å². The minimum Gasteiger partial charge on any atom is -0.476 e. The first-order valence-corrected chi connectivity index (χ1v) is 13.6. The molecule has 1 aliphatic heterocycles. The second-order valence-corrected chi connectivity index (χ2v) is 11.8. The number of fused-ring (bicyclic) bond motifs is 1. The van der Waals surface area contributed by atoms with Gasteiger partial charge in [-0.25, -0.2) is 8.42 Å². The highest BCUT2D eigenvalue weighted by Gasteiger charge is 2.37. The predicted molar refractivity (Wildman–Crippen MR) is 129 cm³/mol. The van der Waals surface area contributed by atoms with E-state index in [0.29, 0.717) is 23.2 Å². The Hall–Kier alpha value is -2.19. The van der Waals surface area contributed by atoms with Crippen LogP contribution in [0.1, 0.15) is 36.8 Å². The van der Waals surface area contributed by atoms with Crippen molar-refractivity contribution >= 4 is 33.4 Å². The minimum absolute atomic E-state index is 0.0616. The van der Waals surface area contributed by atoms with Gasteiger partial charge in [0.2, 0.25) is 0 Å². The molecule has 4 rings (SSSR count). The topological polar surface area (TPSA) is 75.7 Å². The number of anilines is 1. The number of hydrogen-bond acceptors (Lipinski definition) is 5. The van der Waals surface area contributed by atoms with Gasteiger partial charge in [0.15, 0.2) is 6.10 Å². The number of nitrogens with zero attached hydrogens (tertiary/aromatic N) is 1. The van der Waals surface area contributed by atoms with Crippen molar-refractivity contribution in [2.24, 2.45) is 0 Å². The summed E-state index contributed by atoms with van der Waals surface area (Å²) in [5, 5.41) is 3.63. The molecule has 2 aromatic rings. The van der Waals surface area contributed by atoms with Crippen molar-refractivity contribution in [2.75, 3.05) is 23.1 Å². The van der Waals surface area contributed by atoms with E-state index in [1.165, 1.54) is 30.0 Å². The van der Waals surface area contributed by atoms with Crippen LogP contribution in [0.2, 0.25) is 0 Å². The van der Waals surface area contributed by atoms with E-state index >= 15 is 0 Å². The van der Waals surface area contributed by atoms with Gasteiger partial charge in [0.1, 0.15) is 5.75 Å². The Morgan fingerprint density at radius 3 is 2.50 bits per heavy atom. The summed E-state index contributed by atoms with van der Waals surface area (Å²) in [4.78, 5) is 13.1. The average Bonchev–Trinajstić information content (AvgIpc) is 3.29. The van der Waals surface area contributed by atoms with E-state index in [4.69, 9.17) is 4.74 Å². The van der Waals surface area contributed by atoms with Gasteiger partial charge in [-0.3, -0.25) is 9.10 Å². The second-order valence-electron chi connectivity index (χ2n) is 8.50. The SMILES string of the molecule is Cc1ccc(S(=O)(=O)N2C[C@@H](C(=O)NCCSC3CCCC3)Oc3cc(C)ccc32)cc1. The highest BCUT2D eigenvalue weighted by molar-refractivity contribution is 7.99. The zero-order chi connectivity index (χ0) is 22.7. The molecule has 0 spiro atoms. The van der Waals surface area contributed by atoms with E-state index in [1.807, 2.05) is 31.7 Å². The van der Waals surface area contributed by atoms with Gasteiger partial charge in [-0.1, -0.05) is 36.6 Å². The summed E-state index contributed by atoms with van der Waals surface area (Å²) in [6, 6.07) is 12.1. The summed E-state index contributed by atoms with van der Waals surface area (Å²) in [5.74, 6) is 0.977. The van der Waals surface area contributed by atoms with E-state index in [9.17, 15) is 13.2 Å². The van der Waals surface area contributed by atoms with Gasteiger partial charge in [-0.05, 0) is 56.5 Å². The van der Waals surface area contributed by atoms with Gasteiger partial charge in [-0.2, -0.15) is 11.8 Å². The first-order valence-electron chi connectivity index (χ1n) is 11.1. The molecule has 1 heterocycles. The monoisotopic (exact) mass is 474 g/mol. The largest absolute Gasteiger partial charge is 0.476 e. The number of carbonyl (C=O) groups is 1. The van der Waals surface area contributed by atoms with Gasteiger partial charge in [0.05, 0.1) is 17.1 Å². The Morgan fingerprint density at radius 1 is 1.09 bits per heavy atom. The van der Waals surface area contributed by atoms with E-state index in [1.54, 1.807) is 36.4 Å². The molecule has 1 saturated carbocycles. The van der Waals surface area contributed by atoms with Crippen LogP contribution in [-0.2, 0) is 14.8 Å². The highest BCUT2D eigenvalue weighted by atomic mass is 32.2. The smallest absolute Gasteiger partial charge is 0.264 e. The number of benzene rings is 2. The third kappa shape index (κ3) is 5.07. The number of thioether (sulfide) groups is 1. The molecule has 8 heteroatoms. The van der Waals surface area contributed by atoms with Gasteiger partial charge in [0, 0.05) is 17.5 Å². The number of rotatable bonds is 7. The van der Waals surface area contributed by atoms with Gasteiger partial charge in [-0.15, -0.1) is 0 Å². The molecule has 1 N–H and O–H groups in total. The maximum absolute atomic E-state index is 13.5. The van der Waals surface area contributed by atoms with Crippen LogP contribution in [0.5, 0.6) is 5.75 Å². The molecule has 1 fully saturated rings. The van der Waals surface area contributed by atoms with Crippen LogP contribution in [0.25, 0.3) is 0 Å². The quantitative estimate of drug-likeness (QED) is 0.613. The molecule has 2 aliphatic rings. The third-order valence-corrected chi connectivity index (χ3v) is 9.12. The maximum atomic E-state index is 13.5. The van der Waals surface area contributed by atoms with Gasteiger partial charge in [0.25, 0.3) is 15.9 Å². The zero-order valence-electron chi connectivity index (χ0n) is 18.5. The summed E-state index contributed by atoms with van der Waals surface area (Å²) in [6.45, 7) is 4.31. The van der Waals surface area contributed by atoms with E-state index in [-0.39, 0.29) is 17.3 Å². The molecule has 0 saturated heterocycles. The summed E-state index contributed by atoms with van der Waals surface area (Å²) in [5.41, 5.74) is 2.37. The van der Waals surface area contributed by atoms with Gasteiger partial charge >= 0.3 is 0 Å². The van der Waals surface area contributed by atoms with Crippen molar-refractivity contribution in [1.82, 2.24) is 5.32 Å². The molecule has 0 radical (unpaired) electrons. The van der Waals surface area contributed by atoms with Crippen LogP contribution >= 0.6 is 11.8 Å². The lowest BCUT2D eigenvalue weighted by Crippen LogP contribution is -2.51. The Balaban J connectivity index is 1.50. The number of sulfonamides is 1. The predicted octanol–water partition coefficient (Wildman–Crippen LogP) is 4.05. The minimum atomic E-state index is -3.84. The number of carbonyl (C=O) groups excluding carboxylic acids is 1. The molecule has 172 valence electrons. The molecule has 1 aliphatic carbocycles. The van der Waals surface area contributed by atoms with Crippen LogP contribution < -0.4 is 14.4 Å². The lowest BCUT2D eigenvalue weighted by atomic mass is 10.1. The van der Waals surface area contributed by atoms with Crippen molar-refractivity contribution in [3.63, 3.8) is 0 Å². The molecular formula is C24H30N2O4S2. The molecule has 1 amide bonds. The van der Waals surface area contributed by atoms with Crippen LogP contribution in [0.15, 0.2) is 47.4 Å². The lowest BCUT2D eigenvalue weighted by Gasteiger charge is -2.35. The molecular weight excluding hydrogens is 444 g/mol. The molecule has 2 aromatic carbocycles. The Kier molecular flexibility index (Phi) is 7.00. The fourth-order valence-electron chi connectivity index (χ4n) is 4.13. The Bertz CT molecular complexity index is 1060. The fourth-order valence-corrected chi connectivity index (χ4v) is 6.83. The number of aryl methyl sites for hydroxylation is 2. The highest BCUT2D eigenvalue weighted by Crippen LogP contribution is 2.37. The maximum Gasteiger partial charge on any atom is 0.264 e. The lowest BCUT2D eigenvalue weighted by molar-refractivity contribution is -0.127. The van der Waals surface area contributed by atoms with Crippen molar-refractivity contribution in [3.05, 3.63) is 53.6 Å². The summed E-state index contributed by atoms with van der Waals surface area (Å²) >= 11 is 1.90. The van der Waals surface area contributed by atoms with Crippen molar-refractivity contribution in [2.45, 2.75) is 55.8 Å². The van der Waals surface area contributed by atoms with E-state index < -0.39 is 16.1 Å². The fraction of sp³-hybridized carbons (Fsp3) is 0.458. The van der Waals surface area contributed by atoms with Crippen molar-refractivity contribution < 1.29 is 17.9 Å². The molecule has 1 atom stereocenters. The molecule has 32 heavy (non-hydrogen) atoms. The van der Waals surface area contributed by atoms with Crippen LogP contribution in [0.4, 0.5) is 5.69 Å². The van der Waals surface area contributed by atoms with Crippen molar-refractivity contribution in [3.8, 4) is 5.75 Å². The summed E-state index contributed by atoms with van der Waals surface area (Å²) in [7, 11) is -3.84. The first-order chi connectivity index (χ1) is 15.3. The summed E-state index contributed by atoms with van der Waals surface area (Å²) in [6.07, 6.45) is 4.20. The molecule has 0 unspecified atom stereocenters. The van der Waals surface area contributed by atoms with Crippen LogP contribution in [0.3, 0.4) is 0 Å². The van der Waals surface area contributed by atoms with E-state index in [2.05, 4.69) is 5.32 Å². The molecule has 6 nitrogen and oxygen atoms in total. The first kappa shape index (κ1) is 23.0. The number of hydrogen-bond donors (Lipinski definition) is 1. The third-order valence-electron chi connectivity index (χ3n) is 5.94. The molecule has 0 aromatic heterocycles. The average molecular weight is 475 g/mol. The summed E-state index contributed by atoms with van der Waals surface area (Å²) < 4.78 is 34.2. The molecule has 0 bridgehead atoms. The number of nitrogens with one attached hydrogen (secondary N) is 1. The number of amides is 1. The zero-order valence-corrected chi connectivity index (χ0v) is 20.2. The Labute approximate surface area is 194 Å². The van der Waals surface area contributed by atoms with Crippen LogP contribution in [-0.4, -0.2) is 44.5 Å². The normalized spacial score (nSPS) is 18.8. The van der Waals surface area contributed by atoms with Crippen LogP contribution in [0, 0.1) is 13.8 Å². The standard InChI is InChI=1S/C24H30N2O4S2/c1-17-7-10-20(11-8-17)32(28,29)26-16-23(30-22-15-18(2)9-12-21(22)26)24(27)25-13-14-31-19-5-3-4-6-19/h7-12,15,19,23H,3-6,13-14,16H2,1-2H3,(H,25,27)/t23-/m0/s1. The number of ether oxygens (including phenoxy) is 1. The van der Waals surface area contributed by atoms with Gasteiger partial charge < -0.3 is 10.1 Å². The Morgan fingerprint density at radius 2 is 1.78 bits per heavy atom.